The van der Waals surface area contributed by atoms with Crippen molar-refractivity contribution in [2.45, 2.75) is 0 Å². The van der Waals surface area contributed by atoms with Crippen LogP contribution in [0.3, 0.4) is 0 Å². The fourth-order valence-electron chi connectivity index (χ4n) is 2.55. The summed E-state index contributed by atoms with van der Waals surface area (Å²) in [6.07, 6.45) is 0. The fraction of sp³-hybridized carbons (Fsp3) is 0.167. The average molecular weight is 385 g/mol. The van der Waals surface area contributed by atoms with Gasteiger partial charge < -0.3 is 24.8 Å². The number of carbonyl (C=O) groups excluding carboxylic acids is 2. The summed E-state index contributed by atoms with van der Waals surface area (Å²) in [5, 5.41) is 5.72. The van der Waals surface area contributed by atoms with E-state index in [1.165, 1.54) is 11.3 Å². The molecule has 0 atom stereocenters. The Morgan fingerprint density at radius 1 is 1.19 bits per heavy atom. The highest BCUT2D eigenvalue weighted by Crippen LogP contribution is 2.32. The topological polar surface area (TPSA) is 98.8 Å². The minimum absolute atomic E-state index is 0.136. The number of hydrogen-bond donors (Lipinski definition) is 2. The maximum Gasteiger partial charge on any atom is 0.251 e. The molecular formula is C18H15N3O5S. The molecule has 138 valence electrons. The Morgan fingerprint density at radius 2 is 2.04 bits per heavy atom. The Morgan fingerprint density at radius 3 is 2.89 bits per heavy atom. The van der Waals surface area contributed by atoms with Gasteiger partial charge in [0.25, 0.3) is 5.91 Å². The van der Waals surface area contributed by atoms with Crippen molar-refractivity contribution in [3.05, 3.63) is 42.0 Å². The molecular weight excluding hydrogens is 370 g/mol. The maximum absolute atomic E-state index is 12.2. The number of nitrogens with zero attached hydrogens (tertiary/aromatic N) is 1. The lowest BCUT2D eigenvalue weighted by molar-refractivity contribution is -0.115. The van der Waals surface area contributed by atoms with Gasteiger partial charge in [0.2, 0.25) is 12.7 Å². The molecule has 27 heavy (non-hydrogen) atoms. The molecule has 0 saturated carbocycles. The second-order valence-electron chi connectivity index (χ2n) is 5.65. The quantitative estimate of drug-likeness (QED) is 0.700. The van der Waals surface area contributed by atoms with Gasteiger partial charge in [-0.2, -0.15) is 0 Å². The summed E-state index contributed by atoms with van der Waals surface area (Å²) in [4.78, 5) is 28.6. The van der Waals surface area contributed by atoms with E-state index in [0.29, 0.717) is 22.2 Å². The second-order valence-corrected chi connectivity index (χ2v) is 6.68. The first-order chi connectivity index (χ1) is 13.1. The minimum Gasteiger partial charge on any atom is -0.497 e. The highest BCUT2D eigenvalue weighted by molar-refractivity contribution is 7.22. The molecule has 2 heterocycles. The average Bonchev–Trinajstić information content (AvgIpc) is 3.30. The zero-order chi connectivity index (χ0) is 18.8. The highest BCUT2D eigenvalue weighted by atomic mass is 32.1. The third-order valence-corrected chi connectivity index (χ3v) is 4.82. The standard InChI is InChI=1S/C18H15N3O5S/c1-24-11-3-4-12-15(7-11)27-18(20-12)21-16(22)8-19-17(23)10-2-5-13-14(6-10)26-9-25-13/h2-7H,8-9H2,1H3,(H,19,23)(H,20,21,22). The maximum atomic E-state index is 12.2. The zero-order valence-electron chi connectivity index (χ0n) is 14.3. The lowest BCUT2D eigenvalue weighted by atomic mass is 10.2. The number of amides is 2. The molecule has 9 heteroatoms. The number of nitrogens with one attached hydrogen (secondary N) is 2. The Hall–Kier alpha value is -3.33. The summed E-state index contributed by atoms with van der Waals surface area (Å²) in [6, 6.07) is 10.3. The van der Waals surface area contributed by atoms with Gasteiger partial charge >= 0.3 is 0 Å². The van der Waals surface area contributed by atoms with E-state index in [0.717, 1.165) is 16.0 Å². The van der Waals surface area contributed by atoms with Crippen LogP contribution in [0, 0.1) is 0 Å². The number of rotatable bonds is 5. The van der Waals surface area contributed by atoms with Crippen LogP contribution in [0.4, 0.5) is 5.13 Å². The minimum atomic E-state index is -0.377. The van der Waals surface area contributed by atoms with Crippen molar-refractivity contribution >= 4 is 38.5 Å². The van der Waals surface area contributed by atoms with Crippen LogP contribution in [0.25, 0.3) is 10.2 Å². The molecule has 0 saturated heterocycles. The number of hydrogen-bond acceptors (Lipinski definition) is 7. The second kappa shape index (κ2) is 7.12. The van der Waals surface area contributed by atoms with Crippen LogP contribution in [-0.2, 0) is 4.79 Å². The van der Waals surface area contributed by atoms with Crippen molar-refractivity contribution in [1.82, 2.24) is 10.3 Å². The van der Waals surface area contributed by atoms with Gasteiger partial charge in [-0.1, -0.05) is 11.3 Å². The summed E-state index contributed by atoms with van der Waals surface area (Å²) in [5.41, 5.74) is 1.15. The Kier molecular flexibility index (Phi) is 4.51. The number of anilines is 1. The van der Waals surface area contributed by atoms with Crippen molar-refractivity contribution < 1.29 is 23.8 Å². The van der Waals surface area contributed by atoms with E-state index in [9.17, 15) is 9.59 Å². The molecule has 0 bridgehead atoms. The van der Waals surface area contributed by atoms with Gasteiger partial charge in [-0.05, 0) is 36.4 Å². The number of aromatic nitrogens is 1. The fourth-order valence-corrected chi connectivity index (χ4v) is 3.46. The van der Waals surface area contributed by atoms with E-state index in [-0.39, 0.29) is 25.2 Å². The van der Waals surface area contributed by atoms with Gasteiger partial charge in [-0.25, -0.2) is 4.98 Å². The largest absolute Gasteiger partial charge is 0.497 e. The van der Waals surface area contributed by atoms with Crippen molar-refractivity contribution in [3.8, 4) is 17.2 Å². The molecule has 3 aromatic rings. The lowest BCUT2D eigenvalue weighted by Crippen LogP contribution is -2.32. The van der Waals surface area contributed by atoms with Crippen LogP contribution in [0.5, 0.6) is 17.2 Å². The van der Waals surface area contributed by atoms with Crippen LogP contribution in [-0.4, -0.2) is 37.2 Å². The molecule has 8 nitrogen and oxygen atoms in total. The first-order valence-electron chi connectivity index (χ1n) is 8.04. The molecule has 1 aromatic heterocycles. The number of thiazole rings is 1. The number of benzene rings is 2. The number of fused-ring (bicyclic) bond motifs is 2. The summed E-state index contributed by atoms with van der Waals surface area (Å²) in [5.74, 6) is 1.08. The SMILES string of the molecule is COc1ccc2nc(NC(=O)CNC(=O)c3ccc4c(c3)OCO4)sc2c1. The summed E-state index contributed by atoms with van der Waals surface area (Å²) >= 11 is 1.33. The summed E-state index contributed by atoms with van der Waals surface area (Å²) in [7, 11) is 1.59. The van der Waals surface area contributed by atoms with E-state index in [4.69, 9.17) is 14.2 Å². The van der Waals surface area contributed by atoms with E-state index < -0.39 is 0 Å². The van der Waals surface area contributed by atoms with Gasteiger partial charge in [-0.15, -0.1) is 0 Å². The van der Waals surface area contributed by atoms with Crippen molar-refractivity contribution in [1.29, 1.82) is 0 Å². The van der Waals surface area contributed by atoms with Gasteiger partial charge in [0, 0.05) is 5.56 Å². The first kappa shape index (κ1) is 17.1. The van der Waals surface area contributed by atoms with Crippen molar-refractivity contribution in [2.24, 2.45) is 0 Å². The molecule has 0 spiro atoms. The molecule has 2 N–H and O–H groups in total. The molecule has 0 fully saturated rings. The van der Waals surface area contributed by atoms with Crippen LogP contribution in [0.15, 0.2) is 36.4 Å². The molecule has 1 aliphatic rings. The first-order valence-corrected chi connectivity index (χ1v) is 8.86. The smallest absolute Gasteiger partial charge is 0.251 e. The molecule has 0 radical (unpaired) electrons. The van der Waals surface area contributed by atoms with Crippen molar-refractivity contribution in [2.75, 3.05) is 25.8 Å². The molecule has 2 amide bonds. The summed E-state index contributed by atoms with van der Waals surface area (Å²) in [6.45, 7) is -0.0383. The van der Waals surface area contributed by atoms with E-state index in [1.54, 1.807) is 31.4 Å². The van der Waals surface area contributed by atoms with Gasteiger partial charge in [-0.3, -0.25) is 9.59 Å². The summed E-state index contributed by atoms with van der Waals surface area (Å²) < 4.78 is 16.5. The van der Waals surface area contributed by atoms with Crippen molar-refractivity contribution in [3.63, 3.8) is 0 Å². The van der Waals surface area contributed by atoms with E-state index in [1.807, 2.05) is 12.1 Å². The number of methoxy groups -OCH3 is 1. The molecule has 4 rings (SSSR count). The zero-order valence-corrected chi connectivity index (χ0v) is 15.1. The molecule has 2 aromatic carbocycles. The Labute approximate surface area is 158 Å². The predicted molar refractivity (Wildman–Crippen MR) is 99.7 cm³/mol. The highest BCUT2D eigenvalue weighted by Gasteiger charge is 2.17. The number of carbonyl (C=O) groups is 2. The molecule has 0 unspecified atom stereocenters. The number of ether oxygens (including phenoxy) is 3. The Balaban J connectivity index is 1.36. The third kappa shape index (κ3) is 3.63. The lowest BCUT2D eigenvalue weighted by Gasteiger charge is -2.05. The molecule has 1 aliphatic heterocycles. The van der Waals surface area contributed by atoms with Crippen LogP contribution in [0.2, 0.25) is 0 Å². The van der Waals surface area contributed by atoms with Gasteiger partial charge in [0.15, 0.2) is 16.6 Å². The monoisotopic (exact) mass is 385 g/mol. The molecule has 0 aliphatic carbocycles. The van der Waals surface area contributed by atoms with E-state index in [2.05, 4.69) is 15.6 Å². The van der Waals surface area contributed by atoms with Gasteiger partial charge in [0.05, 0.1) is 23.9 Å². The third-order valence-electron chi connectivity index (χ3n) is 3.89. The van der Waals surface area contributed by atoms with Crippen LogP contribution >= 0.6 is 11.3 Å². The Bertz CT molecular complexity index is 1030. The van der Waals surface area contributed by atoms with Crippen LogP contribution in [0.1, 0.15) is 10.4 Å². The van der Waals surface area contributed by atoms with Gasteiger partial charge in [0.1, 0.15) is 5.75 Å². The normalized spacial score (nSPS) is 12.0. The van der Waals surface area contributed by atoms with E-state index >= 15 is 0 Å². The predicted octanol–water partition coefficient (Wildman–Crippen LogP) is 2.40. The van der Waals surface area contributed by atoms with Crippen LogP contribution < -0.4 is 24.8 Å².